The quantitative estimate of drug-likeness (QED) is 0.671. The predicted molar refractivity (Wildman–Crippen MR) is 81.4 cm³/mol. The zero-order valence-electron chi connectivity index (χ0n) is 11.8. The number of benzene rings is 2. The number of hydrogen-bond acceptors (Lipinski definition) is 0. The Balaban J connectivity index is 2.02. The molecule has 0 nitrogen and oxygen atoms in total. The lowest BCUT2D eigenvalue weighted by molar-refractivity contribution is 0.322. The molecule has 1 aliphatic carbocycles. The molecule has 0 bridgehead atoms. The minimum atomic E-state index is 0.391. The van der Waals surface area contributed by atoms with E-state index in [2.05, 4.69) is 74.5 Å². The first kappa shape index (κ1) is 12.5. The minimum absolute atomic E-state index is 0.391. The third-order valence-corrected chi connectivity index (χ3v) is 4.73. The van der Waals surface area contributed by atoms with Gasteiger partial charge in [0, 0.05) is 0 Å². The van der Waals surface area contributed by atoms with E-state index in [0.29, 0.717) is 17.3 Å². The molecule has 1 aliphatic rings. The lowest BCUT2D eigenvalue weighted by Gasteiger charge is -2.31. The van der Waals surface area contributed by atoms with Crippen LogP contribution in [0, 0.1) is 5.41 Å². The Morgan fingerprint density at radius 3 is 1.89 bits per heavy atom. The Bertz CT molecular complexity index is 524. The highest BCUT2D eigenvalue weighted by Crippen LogP contribution is 2.56. The smallest absolute Gasteiger partial charge is 0.00418 e. The van der Waals surface area contributed by atoms with E-state index in [1.54, 1.807) is 0 Å². The molecule has 0 spiro atoms. The van der Waals surface area contributed by atoms with Crippen molar-refractivity contribution in [3.63, 3.8) is 0 Å². The van der Waals surface area contributed by atoms with Gasteiger partial charge < -0.3 is 0 Å². The van der Waals surface area contributed by atoms with Crippen molar-refractivity contribution in [3.8, 4) is 0 Å². The summed E-state index contributed by atoms with van der Waals surface area (Å²) in [5.74, 6) is 1.30. The molecular formula is C19H22. The normalized spacial score (nSPS) is 25.4. The van der Waals surface area contributed by atoms with E-state index in [0.717, 1.165) is 0 Å². The molecule has 0 radical (unpaired) electrons. The number of rotatable bonds is 2. The number of hydrogen-bond donors (Lipinski definition) is 0. The second kappa shape index (κ2) is 4.85. The summed E-state index contributed by atoms with van der Waals surface area (Å²) in [5, 5.41) is 0. The summed E-state index contributed by atoms with van der Waals surface area (Å²) >= 11 is 0. The van der Waals surface area contributed by atoms with Crippen molar-refractivity contribution in [2.75, 3.05) is 0 Å². The van der Waals surface area contributed by atoms with Crippen LogP contribution in [0.15, 0.2) is 60.7 Å². The van der Waals surface area contributed by atoms with E-state index < -0.39 is 0 Å². The van der Waals surface area contributed by atoms with Crippen LogP contribution in [0.25, 0.3) is 0 Å². The molecule has 1 saturated carbocycles. The summed E-state index contributed by atoms with van der Waals surface area (Å²) in [6.45, 7) is 4.85. The van der Waals surface area contributed by atoms with E-state index in [9.17, 15) is 0 Å². The van der Waals surface area contributed by atoms with Gasteiger partial charge in [0.05, 0.1) is 0 Å². The fourth-order valence-corrected chi connectivity index (χ4v) is 3.80. The van der Waals surface area contributed by atoms with Gasteiger partial charge in [-0.2, -0.15) is 0 Å². The fraction of sp³-hybridized carbons (Fsp3) is 0.368. The van der Waals surface area contributed by atoms with Crippen LogP contribution in [0.1, 0.15) is 49.7 Å². The molecule has 0 aromatic heterocycles. The lowest BCUT2D eigenvalue weighted by atomic mass is 9.73. The standard InChI is InChI=1S/C19H22/c1-19(2)14-13-17(15-9-5-3-6-10-15)18(19)16-11-7-4-8-12-16/h3-12,17-18H,13-14H2,1-2H3. The summed E-state index contributed by atoms with van der Waals surface area (Å²) in [4.78, 5) is 0. The Hall–Kier alpha value is -1.56. The van der Waals surface area contributed by atoms with Crippen molar-refractivity contribution in [1.82, 2.24) is 0 Å². The average molecular weight is 250 g/mol. The highest BCUT2D eigenvalue weighted by molar-refractivity contribution is 5.32. The summed E-state index contributed by atoms with van der Waals surface area (Å²) in [7, 11) is 0. The molecule has 0 saturated heterocycles. The van der Waals surface area contributed by atoms with Crippen LogP contribution in [0.5, 0.6) is 0 Å². The van der Waals surface area contributed by atoms with E-state index >= 15 is 0 Å². The van der Waals surface area contributed by atoms with E-state index in [-0.39, 0.29) is 0 Å². The molecule has 0 aliphatic heterocycles. The molecular weight excluding hydrogens is 228 g/mol. The van der Waals surface area contributed by atoms with Crippen LogP contribution in [0.3, 0.4) is 0 Å². The van der Waals surface area contributed by atoms with Crippen molar-refractivity contribution in [2.24, 2.45) is 5.41 Å². The molecule has 2 aromatic carbocycles. The molecule has 19 heavy (non-hydrogen) atoms. The van der Waals surface area contributed by atoms with Gasteiger partial charge in [0.2, 0.25) is 0 Å². The zero-order valence-corrected chi connectivity index (χ0v) is 11.8. The zero-order chi connectivity index (χ0) is 13.3. The lowest BCUT2D eigenvalue weighted by Crippen LogP contribution is -2.19. The van der Waals surface area contributed by atoms with Gasteiger partial charge in [-0.3, -0.25) is 0 Å². The maximum absolute atomic E-state index is 2.42. The maximum Gasteiger partial charge on any atom is -0.00418 e. The van der Waals surface area contributed by atoms with Gasteiger partial charge in [0.1, 0.15) is 0 Å². The highest BCUT2D eigenvalue weighted by Gasteiger charge is 2.42. The molecule has 0 amide bonds. The molecule has 0 heterocycles. The van der Waals surface area contributed by atoms with Gasteiger partial charge in [-0.15, -0.1) is 0 Å². The molecule has 2 unspecified atom stereocenters. The summed E-state index contributed by atoms with van der Waals surface area (Å²) < 4.78 is 0. The van der Waals surface area contributed by atoms with Gasteiger partial charge in [-0.25, -0.2) is 0 Å². The van der Waals surface area contributed by atoms with Gasteiger partial charge in [-0.1, -0.05) is 74.5 Å². The van der Waals surface area contributed by atoms with Crippen LogP contribution < -0.4 is 0 Å². The van der Waals surface area contributed by atoms with Gasteiger partial charge in [0.25, 0.3) is 0 Å². The highest BCUT2D eigenvalue weighted by atomic mass is 14.5. The van der Waals surface area contributed by atoms with E-state index in [1.807, 2.05) is 0 Å². The first-order chi connectivity index (χ1) is 9.18. The van der Waals surface area contributed by atoms with Crippen LogP contribution >= 0.6 is 0 Å². The van der Waals surface area contributed by atoms with Gasteiger partial charge in [0.15, 0.2) is 0 Å². The van der Waals surface area contributed by atoms with Crippen LogP contribution in [-0.4, -0.2) is 0 Å². The second-order valence-corrected chi connectivity index (χ2v) is 6.43. The fourth-order valence-electron chi connectivity index (χ4n) is 3.80. The summed E-state index contributed by atoms with van der Waals surface area (Å²) in [6.07, 6.45) is 2.61. The first-order valence-corrected chi connectivity index (χ1v) is 7.28. The van der Waals surface area contributed by atoms with E-state index in [1.165, 1.54) is 24.0 Å². The van der Waals surface area contributed by atoms with Crippen molar-refractivity contribution >= 4 is 0 Å². The second-order valence-electron chi connectivity index (χ2n) is 6.43. The van der Waals surface area contributed by atoms with Crippen LogP contribution in [0.2, 0.25) is 0 Å². The molecule has 3 rings (SSSR count). The molecule has 0 heteroatoms. The summed E-state index contributed by atoms with van der Waals surface area (Å²) in [5.41, 5.74) is 3.39. The summed E-state index contributed by atoms with van der Waals surface area (Å²) in [6, 6.07) is 22.1. The molecule has 2 atom stereocenters. The largest absolute Gasteiger partial charge is 0.0622 e. The Labute approximate surface area is 116 Å². The Morgan fingerprint density at radius 1 is 0.789 bits per heavy atom. The SMILES string of the molecule is CC1(C)CCC(c2ccccc2)C1c1ccccc1. The van der Waals surface area contributed by atoms with Gasteiger partial charge >= 0.3 is 0 Å². The van der Waals surface area contributed by atoms with Crippen molar-refractivity contribution in [1.29, 1.82) is 0 Å². The maximum atomic E-state index is 2.42. The van der Waals surface area contributed by atoms with Crippen LogP contribution in [0.4, 0.5) is 0 Å². The molecule has 1 fully saturated rings. The Morgan fingerprint density at radius 2 is 1.32 bits per heavy atom. The average Bonchev–Trinajstić information content (AvgIpc) is 2.76. The minimum Gasteiger partial charge on any atom is -0.0622 e. The third kappa shape index (κ3) is 2.32. The van der Waals surface area contributed by atoms with Crippen LogP contribution in [-0.2, 0) is 0 Å². The molecule has 0 N–H and O–H groups in total. The monoisotopic (exact) mass is 250 g/mol. The van der Waals surface area contributed by atoms with E-state index in [4.69, 9.17) is 0 Å². The predicted octanol–water partition coefficient (Wildman–Crippen LogP) is 5.37. The topological polar surface area (TPSA) is 0 Å². The van der Waals surface area contributed by atoms with Gasteiger partial charge in [-0.05, 0) is 41.2 Å². The van der Waals surface area contributed by atoms with Crippen molar-refractivity contribution in [3.05, 3.63) is 71.8 Å². The molecule has 98 valence electrons. The molecule has 2 aromatic rings. The van der Waals surface area contributed by atoms with Crippen molar-refractivity contribution < 1.29 is 0 Å². The van der Waals surface area contributed by atoms with Crippen molar-refractivity contribution in [2.45, 2.75) is 38.5 Å². The Kier molecular flexibility index (Phi) is 3.18. The first-order valence-electron chi connectivity index (χ1n) is 7.28. The third-order valence-electron chi connectivity index (χ3n) is 4.73.